The summed E-state index contributed by atoms with van der Waals surface area (Å²) in [6.07, 6.45) is 5.97. The van der Waals surface area contributed by atoms with E-state index in [1.165, 1.54) is 6.07 Å². The molecule has 39 heavy (non-hydrogen) atoms. The number of phenolic OH excluding ortho intramolecular Hbond substituents is 1. The van der Waals surface area contributed by atoms with Crippen molar-refractivity contribution < 1.29 is 11.3 Å². The summed E-state index contributed by atoms with van der Waals surface area (Å²) in [5, 5.41) is 16.5. The molecule has 2 aromatic rings. The van der Waals surface area contributed by atoms with Crippen LogP contribution in [0.5, 0.6) is 5.75 Å². The number of piperidine rings is 2. The van der Waals surface area contributed by atoms with Crippen LogP contribution >= 0.6 is 12.4 Å². The molecule has 1 amide bonds. The van der Waals surface area contributed by atoms with Crippen LogP contribution in [0.3, 0.4) is 0 Å². The van der Waals surface area contributed by atoms with Gasteiger partial charge >= 0.3 is 0 Å². The van der Waals surface area contributed by atoms with Gasteiger partial charge in [-0.15, -0.1) is 12.4 Å². The number of nitrogens with zero attached hydrogens (tertiary/aromatic N) is 5. The average Bonchev–Trinajstić information content (AvgIpc) is 2.85. The molecule has 1 aromatic carbocycles. The highest BCUT2D eigenvalue weighted by atomic mass is 35.5. The second-order valence-electron chi connectivity index (χ2n) is 10.1. The second-order valence-corrected chi connectivity index (χ2v) is 10.1. The minimum absolute atomic E-state index is 0. The van der Waals surface area contributed by atoms with Crippen LogP contribution in [0.15, 0.2) is 18.2 Å². The van der Waals surface area contributed by atoms with Crippen molar-refractivity contribution in [3.05, 3.63) is 18.2 Å². The SMILES string of the molecule is CCCCCC(=O)Nc1ccc(Nc2nc(N3CC(N)CC(N)C3)nc(N3CCC[C@H](N)C3)n2)cc1O.Cl.N.[HH]. The highest BCUT2D eigenvalue weighted by molar-refractivity contribution is 5.92. The van der Waals surface area contributed by atoms with Crippen molar-refractivity contribution in [2.75, 3.05) is 46.6 Å². The molecule has 14 heteroatoms. The summed E-state index contributed by atoms with van der Waals surface area (Å²) in [6, 6.07) is 4.88. The van der Waals surface area contributed by atoms with Gasteiger partial charge in [0.25, 0.3) is 0 Å². The number of aromatic nitrogens is 3. The van der Waals surface area contributed by atoms with Crippen LogP contribution in [-0.4, -0.2) is 70.3 Å². The van der Waals surface area contributed by atoms with E-state index in [9.17, 15) is 9.90 Å². The Morgan fingerprint density at radius 1 is 1.05 bits per heavy atom. The van der Waals surface area contributed by atoms with Crippen molar-refractivity contribution in [1.29, 1.82) is 0 Å². The quantitative estimate of drug-likeness (QED) is 0.171. The first kappa shape index (κ1) is 32.2. The van der Waals surface area contributed by atoms with Crippen LogP contribution < -0.4 is 43.8 Å². The lowest BCUT2D eigenvalue weighted by Gasteiger charge is -2.35. The Labute approximate surface area is 237 Å². The lowest BCUT2D eigenvalue weighted by molar-refractivity contribution is -0.116. The number of aromatic hydroxyl groups is 1. The van der Waals surface area contributed by atoms with Crippen molar-refractivity contribution >= 4 is 47.5 Å². The fourth-order valence-electron chi connectivity index (χ4n) is 4.82. The predicted octanol–water partition coefficient (Wildman–Crippen LogP) is 2.46. The first-order chi connectivity index (χ1) is 17.8. The molecule has 0 spiro atoms. The number of carbonyl (C=O) groups excluding carboxylic acids is 1. The molecule has 0 saturated carbocycles. The minimum Gasteiger partial charge on any atom is -0.506 e. The molecule has 2 aliphatic heterocycles. The van der Waals surface area contributed by atoms with E-state index in [0.717, 1.165) is 45.1 Å². The number of hydrogen-bond donors (Lipinski definition) is 7. The number of unbranched alkanes of at least 4 members (excludes halogenated alkanes) is 2. The molecule has 220 valence electrons. The number of nitrogens with two attached hydrogens (primary N) is 3. The van der Waals surface area contributed by atoms with Crippen molar-refractivity contribution in [1.82, 2.24) is 21.1 Å². The topological polar surface area (TPSA) is 220 Å². The molecule has 13 nitrogen and oxygen atoms in total. The van der Waals surface area contributed by atoms with Gasteiger partial charge in [0.15, 0.2) is 0 Å². The molecule has 2 fully saturated rings. The number of amides is 1. The molecule has 0 aliphatic carbocycles. The van der Waals surface area contributed by atoms with E-state index >= 15 is 0 Å². The molecular formula is C25H46ClN11O2. The van der Waals surface area contributed by atoms with E-state index in [1.807, 2.05) is 4.90 Å². The predicted molar refractivity (Wildman–Crippen MR) is 161 cm³/mol. The number of carbonyl (C=O) groups is 1. The number of anilines is 5. The first-order valence-corrected chi connectivity index (χ1v) is 13.2. The number of hydrogen-bond acceptors (Lipinski definition) is 12. The molecule has 4 rings (SSSR count). The zero-order chi connectivity index (χ0) is 26.4. The summed E-state index contributed by atoms with van der Waals surface area (Å²) < 4.78 is 0. The normalized spacial score (nSPS) is 21.0. The smallest absolute Gasteiger partial charge is 0.233 e. The Bertz CT molecular complexity index is 1070. The number of nitrogens with one attached hydrogen (secondary N) is 2. The van der Waals surface area contributed by atoms with E-state index in [1.54, 1.807) is 12.1 Å². The van der Waals surface area contributed by atoms with Crippen molar-refractivity contribution in [2.45, 2.75) is 70.0 Å². The van der Waals surface area contributed by atoms with E-state index in [-0.39, 0.29) is 49.8 Å². The maximum Gasteiger partial charge on any atom is 0.233 e. The van der Waals surface area contributed by atoms with Gasteiger partial charge < -0.3 is 48.9 Å². The number of phenols is 1. The molecule has 2 unspecified atom stereocenters. The third-order valence-corrected chi connectivity index (χ3v) is 6.69. The molecule has 3 atom stereocenters. The Morgan fingerprint density at radius 2 is 1.72 bits per heavy atom. The van der Waals surface area contributed by atoms with E-state index in [2.05, 4.69) is 32.4 Å². The van der Waals surface area contributed by atoms with Gasteiger partial charge in [0.05, 0.1) is 5.69 Å². The summed E-state index contributed by atoms with van der Waals surface area (Å²) in [7, 11) is 0. The van der Waals surface area contributed by atoms with Crippen LogP contribution in [0.1, 0.15) is 53.3 Å². The lowest BCUT2D eigenvalue weighted by Crippen LogP contribution is -2.53. The van der Waals surface area contributed by atoms with Crippen molar-refractivity contribution in [3.63, 3.8) is 0 Å². The van der Waals surface area contributed by atoms with Gasteiger partial charge in [0.1, 0.15) is 5.75 Å². The molecule has 3 heterocycles. The zero-order valence-electron chi connectivity index (χ0n) is 22.7. The Morgan fingerprint density at radius 3 is 2.36 bits per heavy atom. The fourth-order valence-corrected chi connectivity index (χ4v) is 4.82. The van der Waals surface area contributed by atoms with Gasteiger partial charge in [-0.25, -0.2) is 0 Å². The number of rotatable bonds is 9. The third-order valence-electron chi connectivity index (χ3n) is 6.69. The zero-order valence-corrected chi connectivity index (χ0v) is 23.5. The molecule has 1 aromatic heterocycles. The Balaban J connectivity index is 0.00000267. The summed E-state index contributed by atoms with van der Waals surface area (Å²) in [6.45, 7) is 4.76. The molecule has 0 radical (unpaired) electrons. The monoisotopic (exact) mass is 567 g/mol. The maximum absolute atomic E-state index is 12.2. The summed E-state index contributed by atoms with van der Waals surface area (Å²) in [4.78, 5) is 30.3. The molecular weight excluding hydrogens is 522 g/mol. The maximum atomic E-state index is 12.2. The lowest BCUT2D eigenvalue weighted by atomic mass is 10.0. The average molecular weight is 568 g/mol. The fraction of sp³-hybridized carbons (Fsp3) is 0.600. The molecule has 2 saturated heterocycles. The van der Waals surface area contributed by atoms with Crippen LogP contribution in [0.4, 0.5) is 29.2 Å². The summed E-state index contributed by atoms with van der Waals surface area (Å²) >= 11 is 0. The highest BCUT2D eigenvalue weighted by Crippen LogP contribution is 2.29. The standard InChI is InChI=1S/C25H40N10O2.ClH.H3N.H2/c1-2-3-4-7-22(37)30-20-9-8-19(12-21(20)36)29-23-31-24(34-10-5-6-16(26)13-34)33-25(32-23)35-14-17(27)11-18(28)15-35;;;/h8-9,12,16-18,36H,2-7,10-11,13-15,26-28H2,1H3,(H,30,37)(H,29,31,32,33);1H;1H3;1H/t16-,17?,18?;;;/m0.../s1. The van der Waals surface area contributed by atoms with Crippen LogP contribution in [0, 0.1) is 0 Å². The van der Waals surface area contributed by atoms with Crippen molar-refractivity contribution in [3.8, 4) is 5.75 Å². The highest BCUT2D eigenvalue weighted by Gasteiger charge is 2.27. The van der Waals surface area contributed by atoms with Crippen LogP contribution in [0.25, 0.3) is 0 Å². The van der Waals surface area contributed by atoms with Gasteiger partial charge in [0.2, 0.25) is 23.8 Å². The Hall–Kier alpha value is -2.97. The number of benzene rings is 1. The van der Waals surface area contributed by atoms with Gasteiger partial charge in [-0.3, -0.25) is 4.79 Å². The molecule has 2 aliphatic rings. The summed E-state index contributed by atoms with van der Waals surface area (Å²) in [5.41, 5.74) is 19.6. The summed E-state index contributed by atoms with van der Waals surface area (Å²) in [5.74, 6) is 1.21. The van der Waals surface area contributed by atoms with Gasteiger partial charge in [-0.2, -0.15) is 15.0 Å². The number of halogens is 1. The van der Waals surface area contributed by atoms with Gasteiger partial charge in [0, 0.05) is 63.9 Å². The van der Waals surface area contributed by atoms with Gasteiger partial charge in [-0.05, 0) is 37.8 Å². The van der Waals surface area contributed by atoms with Crippen LogP contribution in [0.2, 0.25) is 0 Å². The van der Waals surface area contributed by atoms with E-state index in [0.29, 0.717) is 55.3 Å². The molecule has 0 bridgehead atoms. The minimum atomic E-state index is -0.117. The van der Waals surface area contributed by atoms with E-state index in [4.69, 9.17) is 22.2 Å². The Kier molecular flexibility index (Phi) is 12.4. The second kappa shape index (κ2) is 15.0. The van der Waals surface area contributed by atoms with Gasteiger partial charge in [-0.1, -0.05) is 19.8 Å². The largest absolute Gasteiger partial charge is 0.506 e. The molecule has 12 N–H and O–H groups in total. The van der Waals surface area contributed by atoms with Crippen molar-refractivity contribution in [2.24, 2.45) is 17.2 Å². The first-order valence-electron chi connectivity index (χ1n) is 13.2. The van der Waals surface area contributed by atoms with Crippen LogP contribution in [-0.2, 0) is 4.79 Å². The third kappa shape index (κ3) is 9.04. The van der Waals surface area contributed by atoms with E-state index < -0.39 is 0 Å².